The van der Waals surface area contributed by atoms with E-state index in [9.17, 15) is 18.3 Å². The minimum atomic E-state index is -4.46. The Balaban J connectivity index is 1.71. The molecule has 1 aliphatic heterocycles. The van der Waals surface area contributed by atoms with E-state index in [1.807, 2.05) is 13.8 Å². The van der Waals surface area contributed by atoms with Crippen molar-refractivity contribution in [3.05, 3.63) is 41.3 Å². The molecule has 6 nitrogen and oxygen atoms in total. The van der Waals surface area contributed by atoms with Crippen molar-refractivity contribution in [2.24, 2.45) is 5.92 Å². The third-order valence-corrected chi connectivity index (χ3v) is 5.76. The summed E-state index contributed by atoms with van der Waals surface area (Å²) in [6.45, 7) is 4.97. The third kappa shape index (κ3) is 3.96. The molecule has 0 amide bonds. The highest BCUT2D eigenvalue weighted by Crippen LogP contribution is 2.34. The molecule has 0 unspecified atom stereocenters. The highest BCUT2D eigenvalue weighted by atomic mass is 35.5. The number of anilines is 1. The molecule has 2 aromatic heterocycles. The van der Waals surface area contributed by atoms with Crippen LogP contribution in [0.15, 0.2) is 30.5 Å². The van der Waals surface area contributed by atoms with Crippen molar-refractivity contribution < 1.29 is 18.3 Å². The van der Waals surface area contributed by atoms with Crippen molar-refractivity contribution in [2.45, 2.75) is 38.5 Å². The van der Waals surface area contributed by atoms with Gasteiger partial charge in [-0.1, -0.05) is 6.07 Å². The first-order valence-electron chi connectivity index (χ1n) is 9.60. The van der Waals surface area contributed by atoms with Crippen LogP contribution in [0.1, 0.15) is 32.3 Å². The van der Waals surface area contributed by atoms with E-state index >= 15 is 0 Å². The minimum Gasteiger partial charge on any atom is -0.390 e. The molecule has 10 heteroatoms. The van der Waals surface area contributed by atoms with Crippen LogP contribution >= 0.6 is 11.6 Å². The number of nitrogens with zero attached hydrogens (tertiary/aromatic N) is 5. The van der Waals surface area contributed by atoms with Gasteiger partial charge in [-0.15, -0.1) is 0 Å². The zero-order valence-corrected chi connectivity index (χ0v) is 17.2. The Hall–Kier alpha value is -2.39. The SMILES string of the molecule is CC(C)(O)C1CCN(c2nc(Cl)nc3c2cnn3-c2cccc(C(F)(F)F)c2)CC1. The van der Waals surface area contributed by atoms with Gasteiger partial charge in [0.2, 0.25) is 5.28 Å². The fraction of sp³-hybridized carbons (Fsp3) is 0.450. The molecule has 0 atom stereocenters. The number of piperidine rings is 1. The topological polar surface area (TPSA) is 67.1 Å². The lowest BCUT2D eigenvalue weighted by molar-refractivity contribution is -0.137. The Kier molecular flexibility index (Phi) is 5.14. The lowest BCUT2D eigenvalue weighted by Gasteiger charge is -2.38. The van der Waals surface area contributed by atoms with Gasteiger partial charge in [-0.05, 0) is 62.4 Å². The van der Waals surface area contributed by atoms with Gasteiger partial charge in [0.05, 0.1) is 28.4 Å². The quantitative estimate of drug-likeness (QED) is 0.610. The fourth-order valence-electron chi connectivity index (χ4n) is 3.91. The Morgan fingerprint density at radius 2 is 1.83 bits per heavy atom. The summed E-state index contributed by atoms with van der Waals surface area (Å²) in [5.41, 5.74) is -0.938. The first-order chi connectivity index (χ1) is 14.0. The summed E-state index contributed by atoms with van der Waals surface area (Å²) in [6.07, 6.45) is -1.34. The third-order valence-electron chi connectivity index (χ3n) is 5.59. The number of aliphatic hydroxyl groups is 1. The van der Waals surface area contributed by atoms with Crippen LogP contribution in [-0.2, 0) is 6.18 Å². The number of rotatable bonds is 3. The summed E-state index contributed by atoms with van der Waals surface area (Å²) < 4.78 is 40.7. The van der Waals surface area contributed by atoms with Gasteiger partial charge >= 0.3 is 6.18 Å². The first-order valence-corrected chi connectivity index (χ1v) is 9.98. The van der Waals surface area contributed by atoms with Crippen LogP contribution in [0.4, 0.5) is 19.0 Å². The molecule has 4 rings (SSSR count). The van der Waals surface area contributed by atoms with Crippen LogP contribution in [0.25, 0.3) is 16.7 Å². The maximum absolute atomic E-state index is 13.1. The van der Waals surface area contributed by atoms with E-state index in [4.69, 9.17) is 11.6 Å². The number of hydrogen-bond donors (Lipinski definition) is 1. The molecule has 3 heterocycles. The number of aromatic nitrogens is 4. The molecule has 1 aliphatic rings. The summed E-state index contributed by atoms with van der Waals surface area (Å²) in [7, 11) is 0. The average Bonchev–Trinajstić information content (AvgIpc) is 3.10. The minimum absolute atomic E-state index is 0.00385. The first kappa shape index (κ1) is 20.9. The molecule has 1 fully saturated rings. The second kappa shape index (κ2) is 7.39. The lowest BCUT2D eigenvalue weighted by atomic mass is 9.83. The summed E-state index contributed by atoms with van der Waals surface area (Å²) in [5.74, 6) is 0.770. The van der Waals surface area contributed by atoms with Gasteiger partial charge in [0.25, 0.3) is 0 Å². The van der Waals surface area contributed by atoms with Crippen molar-refractivity contribution >= 4 is 28.5 Å². The van der Waals surface area contributed by atoms with E-state index in [0.29, 0.717) is 29.9 Å². The fourth-order valence-corrected chi connectivity index (χ4v) is 4.07. The van der Waals surface area contributed by atoms with Crippen molar-refractivity contribution in [1.82, 2.24) is 19.7 Å². The Bertz CT molecular complexity index is 1070. The predicted octanol–water partition coefficient (Wildman–Crippen LogP) is 4.48. The van der Waals surface area contributed by atoms with Crippen LogP contribution in [0, 0.1) is 5.92 Å². The highest BCUT2D eigenvalue weighted by Gasteiger charge is 2.32. The molecule has 0 spiro atoms. The predicted molar refractivity (Wildman–Crippen MR) is 108 cm³/mol. The Labute approximate surface area is 176 Å². The Morgan fingerprint density at radius 3 is 2.47 bits per heavy atom. The van der Waals surface area contributed by atoms with Crippen molar-refractivity contribution in [1.29, 1.82) is 0 Å². The number of fused-ring (bicyclic) bond motifs is 1. The number of benzene rings is 1. The molecule has 0 saturated carbocycles. The number of hydrogen-bond acceptors (Lipinski definition) is 5. The zero-order valence-electron chi connectivity index (χ0n) is 16.5. The maximum atomic E-state index is 13.1. The molecule has 3 aromatic rings. The smallest absolute Gasteiger partial charge is 0.390 e. The summed E-state index contributed by atoms with van der Waals surface area (Å²) in [6, 6.07) is 4.90. The van der Waals surface area contributed by atoms with Crippen LogP contribution in [-0.4, -0.2) is 43.5 Å². The summed E-state index contributed by atoms with van der Waals surface area (Å²) in [5, 5.41) is 15.1. The molecule has 0 bridgehead atoms. The average molecular weight is 440 g/mol. The van der Waals surface area contributed by atoms with Crippen LogP contribution in [0.3, 0.4) is 0 Å². The standard InChI is InChI=1S/C20H21ClF3N5O/c1-19(2,30)12-6-8-28(9-7-12)16-15-11-25-29(17(15)27-18(21)26-16)14-5-3-4-13(10-14)20(22,23)24/h3-5,10-12,30H,6-9H2,1-2H3. The van der Waals surface area contributed by atoms with Gasteiger partial charge in [0.1, 0.15) is 5.82 Å². The van der Waals surface area contributed by atoms with Crippen LogP contribution in [0.2, 0.25) is 5.28 Å². The van der Waals surface area contributed by atoms with Gasteiger partial charge in [-0.25, -0.2) is 4.68 Å². The van der Waals surface area contributed by atoms with Crippen molar-refractivity contribution in [3.63, 3.8) is 0 Å². The lowest BCUT2D eigenvalue weighted by Crippen LogP contribution is -2.42. The van der Waals surface area contributed by atoms with Gasteiger partial charge in [0, 0.05) is 13.1 Å². The normalized spacial score (nSPS) is 16.4. The van der Waals surface area contributed by atoms with E-state index in [1.54, 1.807) is 6.20 Å². The largest absolute Gasteiger partial charge is 0.416 e. The highest BCUT2D eigenvalue weighted by molar-refractivity contribution is 6.28. The number of halogens is 4. The summed E-state index contributed by atoms with van der Waals surface area (Å²) in [4.78, 5) is 10.6. The molecule has 30 heavy (non-hydrogen) atoms. The van der Waals surface area contributed by atoms with E-state index in [1.165, 1.54) is 16.8 Å². The maximum Gasteiger partial charge on any atom is 0.416 e. The molecular weight excluding hydrogens is 419 g/mol. The van der Waals surface area contributed by atoms with E-state index < -0.39 is 17.3 Å². The van der Waals surface area contributed by atoms with Crippen LogP contribution in [0.5, 0.6) is 0 Å². The van der Waals surface area contributed by atoms with E-state index in [0.717, 1.165) is 25.0 Å². The monoisotopic (exact) mass is 439 g/mol. The van der Waals surface area contributed by atoms with Gasteiger partial charge < -0.3 is 10.0 Å². The van der Waals surface area contributed by atoms with Crippen LogP contribution < -0.4 is 4.90 Å². The van der Waals surface area contributed by atoms with E-state index in [2.05, 4.69) is 20.0 Å². The number of alkyl halides is 3. The molecule has 0 radical (unpaired) electrons. The van der Waals surface area contributed by atoms with E-state index in [-0.39, 0.29) is 16.9 Å². The van der Waals surface area contributed by atoms with Crippen molar-refractivity contribution in [3.8, 4) is 5.69 Å². The second-order valence-electron chi connectivity index (χ2n) is 8.07. The molecule has 160 valence electrons. The van der Waals surface area contributed by atoms with Gasteiger partial charge in [-0.2, -0.15) is 28.2 Å². The molecule has 0 aliphatic carbocycles. The van der Waals surface area contributed by atoms with Crippen molar-refractivity contribution in [2.75, 3.05) is 18.0 Å². The molecule has 1 aromatic carbocycles. The molecule has 1 saturated heterocycles. The van der Waals surface area contributed by atoms with Gasteiger partial charge in [0.15, 0.2) is 5.65 Å². The molecule has 1 N–H and O–H groups in total. The summed E-state index contributed by atoms with van der Waals surface area (Å²) >= 11 is 6.15. The second-order valence-corrected chi connectivity index (χ2v) is 8.41. The Morgan fingerprint density at radius 1 is 1.13 bits per heavy atom. The molecular formula is C20H21ClF3N5O. The van der Waals surface area contributed by atoms with Gasteiger partial charge in [-0.3, -0.25) is 0 Å². The zero-order chi connectivity index (χ0) is 21.7.